The second kappa shape index (κ2) is 6.44. The Morgan fingerprint density at radius 3 is 3.04 bits per heavy atom. The number of anilines is 1. The maximum Gasteiger partial charge on any atom is 0.364 e. The van der Waals surface area contributed by atoms with Crippen LogP contribution in [-0.2, 0) is 9.53 Å². The average molecular weight is 374 g/mol. The molecule has 3 aromatic rings. The third-order valence-corrected chi connectivity index (χ3v) is 4.32. The smallest absolute Gasteiger partial charge is 0.364 e. The Balaban J connectivity index is 1.56. The van der Waals surface area contributed by atoms with E-state index in [0.29, 0.717) is 15.8 Å². The van der Waals surface area contributed by atoms with Crippen LogP contribution in [0.1, 0.15) is 12.6 Å². The van der Waals surface area contributed by atoms with Crippen LogP contribution in [0, 0.1) is 4.64 Å². The van der Waals surface area contributed by atoms with Gasteiger partial charge in [-0.2, -0.15) is 4.73 Å². The minimum Gasteiger partial charge on any atom is -0.390 e. The van der Waals surface area contributed by atoms with E-state index < -0.39 is 24.4 Å². The van der Waals surface area contributed by atoms with Crippen LogP contribution in [0.5, 0.6) is 0 Å². The zero-order valence-corrected chi connectivity index (χ0v) is 14.1. The molecule has 1 aliphatic rings. The van der Waals surface area contributed by atoms with Gasteiger partial charge in [-0.15, -0.1) is 0 Å². The Kier molecular flexibility index (Phi) is 4.11. The van der Waals surface area contributed by atoms with E-state index in [1.165, 1.54) is 18.9 Å². The molecule has 0 bridgehead atoms. The van der Waals surface area contributed by atoms with Crippen LogP contribution in [0.15, 0.2) is 37.1 Å². The second-order valence-corrected chi connectivity index (χ2v) is 6.09. The summed E-state index contributed by atoms with van der Waals surface area (Å²) >= 11 is 5.07. The second-order valence-electron chi connectivity index (χ2n) is 5.67. The van der Waals surface area contributed by atoms with E-state index in [-0.39, 0.29) is 12.2 Å². The van der Waals surface area contributed by atoms with Crippen molar-refractivity contribution in [3.05, 3.63) is 41.7 Å². The number of carbonyl (C=O) groups is 1. The number of ether oxygens (including phenoxy) is 1. The zero-order chi connectivity index (χ0) is 18.3. The van der Waals surface area contributed by atoms with Gasteiger partial charge in [-0.1, -0.05) is 18.3 Å². The molecule has 0 spiro atoms. The summed E-state index contributed by atoms with van der Waals surface area (Å²) in [5, 5.41) is 10.3. The van der Waals surface area contributed by atoms with Gasteiger partial charge in [0, 0.05) is 12.6 Å². The number of nitrogens with two attached hydrogens (primary N) is 1. The lowest BCUT2D eigenvalue weighted by molar-refractivity contribution is -0.162. The first-order chi connectivity index (χ1) is 12.5. The van der Waals surface area contributed by atoms with Gasteiger partial charge in [-0.3, -0.25) is 4.57 Å². The number of aliphatic hydroxyl groups is 1. The number of aromatic nitrogens is 5. The molecule has 4 heterocycles. The van der Waals surface area contributed by atoms with E-state index in [0.717, 1.165) is 4.73 Å². The molecule has 3 N–H and O–H groups in total. The fraction of sp³-hybridized carbons (Fsp3) is 0.267. The van der Waals surface area contributed by atoms with Gasteiger partial charge in [0.1, 0.15) is 22.7 Å². The minimum absolute atomic E-state index is 0.162. The quantitative estimate of drug-likeness (QED) is 0.619. The molecule has 3 aromatic heterocycles. The Morgan fingerprint density at radius 1 is 1.38 bits per heavy atom. The van der Waals surface area contributed by atoms with Gasteiger partial charge in [0.15, 0.2) is 17.6 Å². The maximum absolute atomic E-state index is 12.4. The molecule has 0 aliphatic carbocycles. The summed E-state index contributed by atoms with van der Waals surface area (Å²) in [6.07, 6.45) is 1.58. The summed E-state index contributed by atoms with van der Waals surface area (Å²) in [5.74, 6) is -0.512. The highest BCUT2D eigenvalue weighted by Gasteiger charge is 2.42. The number of carbonyl (C=O) groups excluding carboxylic acids is 1. The van der Waals surface area contributed by atoms with Crippen LogP contribution >= 0.6 is 12.2 Å². The molecule has 1 fully saturated rings. The van der Waals surface area contributed by atoms with Gasteiger partial charge in [-0.05, 0) is 12.1 Å². The molecule has 1 aliphatic heterocycles. The highest BCUT2D eigenvalue weighted by molar-refractivity contribution is 7.71. The number of hydrogen-bond acceptors (Lipinski definition) is 9. The van der Waals surface area contributed by atoms with Crippen molar-refractivity contribution in [2.45, 2.75) is 24.9 Å². The molecule has 0 saturated carbocycles. The van der Waals surface area contributed by atoms with Crippen LogP contribution < -0.4 is 10.6 Å². The van der Waals surface area contributed by atoms with Gasteiger partial charge in [-0.25, -0.2) is 19.7 Å². The van der Waals surface area contributed by atoms with Crippen molar-refractivity contribution >= 4 is 35.2 Å². The molecule has 1 saturated heterocycles. The Morgan fingerprint density at radius 2 is 2.23 bits per heavy atom. The molecule has 4 rings (SSSR count). The molecule has 0 radical (unpaired) electrons. The minimum atomic E-state index is -1.17. The topological polar surface area (TPSA) is 130 Å². The van der Waals surface area contributed by atoms with Gasteiger partial charge in [0.25, 0.3) is 0 Å². The molecule has 134 valence electrons. The van der Waals surface area contributed by atoms with E-state index >= 15 is 0 Å². The fourth-order valence-electron chi connectivity index (χ4n) is 2.76. The van der Waals surface area contributed by atoms with Crippen molar-refractivity contribution in [2.24, 2.45) is 0 Å². The van der Waals surface area contributed by atoms with Crippen LogP contribution in [0.3, 0.4) is 0 Å². The number of rotatable bonds is 3. The average Bonchev–Trinajstić information content (AvgIpc) is 3.21. The van der Waals surface area contributed by atoms with Gasteiger partial charge >= 0.3 is 5.97 Å². The van der Waals surface area contributed by atoms with Crippen molar-refractivity contribution in [1.82, 2.24) is 24.2 Å². The number of hydrogen-bond donors (Lipinski definition) is 2. The lowest BCUT2D eigenvalue weighted by Gasteiger charge is -2.15. The van der Waals surface area contributed by atoms with Gasteiger partial charge in [0.05, 0.1) is 12.4 Å². The van der Waals surface area contributed by atoms with Crippen LogP contribution in [0.25, 0.3) is 11.2 Å². The molecule has 0 amide bonds. The molecule has 0 aromatic carbocycles. The Bertz CT molecular complexity index is 1030. The monoisotopic (exact) mass is 374 g/mol. The van der Waals surface area contributed by atoms with E-state index in [9.17, 15) is 9.90 Å². The van der Waals surface area contributed by atoms with Crippen LogP contribution in [0.4, 0.5) is 5.82 Å². The van der Waals surface area contributed by atoms with Crippen LogP contribution in [0.2, 0.25) is 0 Å². The molecule has 10 nitrogen and oxygen atoms in total. The summed E-state index contributed by atoms with van der Waals surface area (Å²) in [5.41, 5.74) is 6.64. The standard InChI is InChI=1S/C15H14N6O4S/c16-13-11-14(18-6-17-13)20(7-19-11)9-5-8(22)12(24-9)15(23)25-21-4-2-1-3-10(21)26/h1-4,6-9,12,22H,5H2,(H2,16,17,18)/t8?,9-,12+/m1/s1. The van der Waals surface area contributed by atoms with Crippen molar-refractivity contribution in [1.29, 1.82) is 0 Å². The Labute approximate surface area is 151 Å². The number of nitrogen functional groups attached to an aromatic ring is 1. The molecular formula is C15H14N6O4S. The lowest BCUT2D eigenvalue weighted by atomic mass is 10.2. The first-order valence-electron chi connectivity index (χ1n) is 7.71. The molecule has 3 atom stereocenters. The normalized spacial score (nSPS) is 22.6. The number of aliphatic hydroxyl groups excluding tert-OH is 1. The number of nitrogens with zero attached hydrogens (tertiary/aromatic N) is 5. The third kappa shape index (κ3) is 2.81. The van der Waals surface area contributed by atoms with Crippen molar-refractivity contribution in [2.75, 3.05) is 5.73 Å². The summed E-state index contributed by atoms with van der Waals surface area (Å²) in [6, 6.07) is 5.00. The van der Waals surface area contributed by atoms with E-state index in [4.69, 9.17) is 27.5 Å². The SMILES string of the molecule is Nc1ncnc2c1ncn2[C@H]1CC(O)[C@@H](C(=O)On2ccccc2=S)O1. The maximum atomic E-state index is 12.4. The number of fused-ring (bicyclic) bond motifs is 1. The van der Waals surface area contributed by atoms with E-state index in [1.807, 2.05) is 0 Å². The van der Waals surface area contributed by atoms with E-state index in [1.54, 1.807) is 22.8 Å². The molecular weight excluding hydrogens is 360 g/mol. The summed E-state index contributed by atoms with van der Waals surface area (Å²) < 4.78 is 8.74. The predicted molar refractivity (Wildman–Crippen MR) is 91.1 cm³/mol. The largest absolute Gasteiger partial charge is 0.390 e. The highest BCUT2D eigenvalue weighted by Crippen LogP contribution is 2.31. The first-order valence-corrected chi connectivity index (χ1v) is 8.12. The lowest BCUT2D eigenvalue weighted by Crippen LogP contribution is -2.37. The Hall–Kier alpha value is -2.89. The summed E-state index contributed by atoms with van der Waals surface area (Å²) in [7, 11) is 0. The number of pyridine rings is 1. The van der Waals surface area contributed by atoms with Crippen molar-refractivity contribution in [3.63, 3.8) is 0 Å². The summed E-state index contributed by atoms with van der Waals surface area (Å²) in [6.45, 7) is 0. The molecule has 1 unspecified atom stereocenters. The molecule has 26 heavy (non-hydrogen) atoms. The van der Waals surface area contributed by atoms with Crippen LogP contribution in [-0.4, -0.2) is 47.5 Å². The van der Waals surface area contributed by atoms with Gasteiger partial charge in [0.2, 0.25) is 0 Å². The third-order valence-electron chi connectivity index (χ3n) is 4.00. The highest BCUT2D eigenvalue weighted by atomic mass is 32.1. The molecule has 11 heteroatoms. The fourth-order valence-corrected chi connectivity index (χ4v) is 2.93. The van der Waals surface area contributed by atoms with E-state index in [2.05, 4.69) is 15.0 Å². The number of imidazole rings is 1. The summed E-state index contributed by atoms with van der Waals surface area (Å²) in [4.78, 5) is 29.7. The van der Waals surface area contributed by atoms with Gasteiger partial charge < -0.3 is 20.4 Å². The van der Waals surface area contributed by atoms with Crippen molar-refractivity contribution < 1.29 is 19.5 Å². The zero-order valence-electron chi connectivity index (χ0n) is 13.3. The first kappa shape index (κ1) is 16.6. The predicted octanol–water partition coefficient (Wildman–Crippen LogP) is 0.243. The van der Waals surface area contributed by atoms with Crippen molar-refractivity contribution in [3.8, 4) is 0 Å².